The first-order valence-electron chi connectivity index (χ1n) is 2.27. The average molecular weight is 99.2 g/mol. The van der Waals surface area contributed by atoms with Gasteiger partial charge in [-0.2, -0.15) is 0 Å². The SMILES string of the molecule is COC=C[C](C)C. The minimum absolute atomic E-state index is 1.25. The molecule has 0 aromatic carbocycles. The van der Waals surface area contributed by atoms with E-state index in [1.165, 1.54) is 5.92 Å². The van der Waals surface area contributed by atoms with Crippen LogP contribution in [0.1, 0.15) is 13.8 Å². The van der Waals surface area contributed by atoms with Gasteiger partial charge in [0.15, 0.2) is 0 Å². The summed E-state index contributed by atoms with van der Waals surface area (Å²) >= 11 is 0. The van der Waals surface area contributed by atoms with Crippen LogP contribution in [0, 0.1) is 5.92 Å². The number of hydrogen-bond acceptors (Lipinski definition) is 1. The number of methoxy groups -OCH3 is 1. The van der Waals surface area contributed by atoms with Crippen LogP contribution < -0.4 is 0 Å². The molecule has 0 heterocycles. The number of hydrogen-bond donors (Lipinski definition) is 0. The third-order valence-corrected chi connectivity index (χ3v) is 0.537. The van der Waals surface area contributed by atoms with Crippen molar-refractivity contribution in [3.05, 3.63) is 18.3 Å². The third-order valence-electron chi connectivity index (χ3n) is 0.537. The number of ether oxygens (including phenoxy) is 1. The van der Waals surface area contributed by atoms with Gasteiger partial charge in [0.25, 0.3) is 0 Å². The summed E-state index contributed by atoms with van der Waals surface area (Å²) in [5, 5.41) is 0. The van der Waals surface area contributed by atoms with Crippen LogP contribution in [0.3, 0.4) is 0 Å². The quantitative estimate of drug-likeness (QED) is 0.479. The van der Waals surface area contributed by atoms with Crippen LogP contribution in [0.5, 0.6) is 0 Å². The van der Waals surface area contributed by atoms with Crippen molar-refractivity contribution in [1.82, 2.24) is 0 Å². The Hall–Kier alpha value is -0.460. The Bertz CT molecular complexity index is 55.2. The summed E-state index contributed by atoms with van der Waals surface area (Å²) in [5.74, 6) is 1.25. The van der Waals surface area contributed by atoms with Crippen molar-refractivity contribution in [2.45, 2.75) is 13.8 Å². The molecule has 1 radical (unpaired) electrons. The summed E-state index contributed by atoms with van der Waals surface area (Å²) in [7, 11) is 1.64. The lowest BCUT2D eigenvalue weighted by Crippen LogP contribution is -1.73. The van der Waals surface area contributed by atoms with E-state index in [9.17, 15) is 0 Å². The lowest BCUT2D eigenvalue weighted by Gasteiger charge is -1.89. The van der Waals surface area contributed by atoms with E-state index in [-0.39, 0.29) is 0 Å². The van der Waals surface area contributed by atoms with Gasteiger partial charge in [-0.25, -0.2) is 0 Å². The molecule has 0 spiro atoms. The Kier molecular flexibility index (Phi) is 3.48. The van der Waals surface area contributed by atoms with E-state index in [2.05, 4.69) is 4.74 Å². The third kappa shape index (κ3) is 5.54. The molecule has 0 amide bonds. The zero-order chi connectivity index (χ0) is 5.70. The van der Waals surface area contributed by atoms with E-state index in [1.54, 1.807) is 13.4 Å². The van der Waals surface area contributed by atoms with Gasteiger partial charge < -0.3 is 4.74 Å². The Balaban J connectivity index is 3.08. The van der Waals surface area contributed by atoms with E-state index >= 15 is 0 Å². The summed E-state index contributed by atoms with van der Waals surface area (Å²) in [4.78, 5) is 0. The van der Waals surface area contributed by atoms with Gasteiger partial charge in [0.05, 0.1) is 13.4 Å². The zero-order valence-electron chi connectivity index (χ0n) is 5.06. The molecule has 0 fully saturated rings. The summed E-state index contributed by atoms with van der Waals surface area (Å²) in [5.41, 5.74) is 0. The van der Waals surface area contributed by atoms with Crippen LogP contribution in [-0.2, 0) is 4.74 Å². The maximum Gasteiger partial charge on any atom is 0.0790 e. The highest BCUT2D eigenvalue weighted by Gasteiger charge is 1.80. The molecule has 0 aliphatic carbocycles. The molecule has 0 aliphatic rings. The van der Waals surface area contributed by atoms with Gasteiger partial charge >= 0.3 is 0 Å². The largest absolute Gasteiger partial charge is 0.505 e. The standard InChI is InChI=1S/C6H11O/c1-6(2)4-5-7-3/h4-5H,1-3H3. The van der Waals surface area contributed by atoms with E-state index in [0.717, 1.165) is 0 Å². The van der Waals surface area contributed by atoms with Gasteiger partial charge in [0.2, 0.25) is 0 Å². The average Bonchev–Trinajstić information content (AvgIpc) is 1.61. The molecule has 0 atom stereocenters. The minimum Gasteiger partial charge on any atom is -0.505 e. The molecule has 0 N–H and O–H groups in total. The van der Waals surface area contributed by atoms with Crippen molar-refractivity contribution >= 4 is 0 Å². The van der Waals surface area contributed by atoms with E-state index < -0.39 is 0 Å². The van der Waals surface area contributed by atoms with Gasteiger partial charge in [0, 0.05) is 0 Å². The van der Waals surface area contributed by atoms with Crippen molar-refractivity contribution in [2.75, 3.05) is 7.11 Å². The maximum absolute atomic E-state index is 4.65. The smallest absolute Gasteiger partial charge is 0.0790 e. The highest BCUT2D eigenvalue weighted by molar-refractivity contribution is 4.99. The second-order valence-electron chi connectivity index (χ2n) is 1.62. The van der Waals surface area contributed by atoms with Crippen LogP contribution in [-0.4, -0.2) is 7.11 Å². The fraction of sp³-hybridized carbons (Fsp3) is 0.500. The van der Waals surface area contributed by atoms with Gasteiger partial charge in [-0.15, -0.1) is 0 Å². The normalized spacial score (nSPS) is 10.9. The molecule has 41 valence electrons. The number of rotatable bonds is 2. The van der Waals surface area contributed by atoms with Crippen molar-refractivity contribution in [2.24, 2.45) is 0 Å². The fourth-order valence-corrected chi connectivity index (χ4v) is 0.204. The van der Waals surface area contributed by atoms with Crippen molar-refractivity contribution in [1.29, 1.82) is 0 Å². The van der Waals surface area contributed by atoms with Crippen molar-refractivity contribution in [3.63, 3.8) is 0 Å². The minimum atomic E-state index is 1.25. The van der Waals surface area contributed by atoms with E-state index in [4.69, 9.17) is 0 Å². The first kappa shape index (κ1) is 6.54. The fourth-order valence-electron chi connectivity index (χ4n) is 0.204. The molecule has 0 aromatic rings. The molecule has 0 aromatic heterocycles. The Morgan fingerprint density at radius 3 is 2.14 bits per heavy atom. The zero-order valence-corrected chi connectivity index (χ0v) is 5.06. The molecule has 1 heteroatoms. The summed E-state index contributed by atoms with van der Waals surface area (Å²) in [6.45, 7) is 4.05. The second kappa shape index (κ2) is 3.72. The van der Waals surface area contributed by atoms with E-state index in [1.807, 2.05) is 19.9 Å². The molecule has 7 heavy (non-hydrogen) atoms. The predicted molar refractivity (Wildman–Crippen MR) is 30.7 cm³/mol. The van der Waals surface area contributed by atoms with Gasteiger partial charge in [-0.3, -0.25) is 0 Å². The molecule has 0 saturated carbocycles. The van der Waals surface area contributed by atoms with Crippen molar-refractivity contribution < 1.29 is 4.74 Å². The Labute approximate surface area is 45.0 Å². The maximum atomic E-state index is 4.65. The van der Waals surface area contributed by atoms with Gasteiger partial charge in [-0.05, 0) is 12.0 Å². The lowest BCUT2D eigenvalue weighted by molar-refractivity contribution is 0.337. The van der Waals surface area contributed by atoms with Crippen molar-refractivity contribution in [3.8, 4) is 0 Å². The topological polar surface area (TPSA) is 9.23 Å². The van der Waals surface area contributed by atoms with Gasteiger partial charge in [-0.1, -0.05) is 13.8 Å². The molecule has 0 saturated heterocycles. The summed E-state index contributed by atoms with van der Waals surface area (Å²) in [6.07, 6.45) is 3.58. The van der Waals surface area contributed by atoms with Crippen LogP contribution in [0.4, 0.5) is 0 Å². The molecular formula is C6H11O. The second-order valence-corrected chi connectivity index (χ2v) is 1.62. The molecular weight excluding hydrogens is 88.1 g/mol. The summed E-state index contributed by atoms with van der Waals surface area (Å²) < 4.78 is 4.65. The summed E-state index contributed by atoms with van der Waals surface area (Å²) in [6, 6.07) is 0. The molecule has 0 bridgehead atoms. The molecule has 1 nitrogen and oxygen atoms in total. The highest BCUT2D eigenvalue weighted by Crippen LogP contribution is 1.94. The van der Waals surface area contributed by atoms with Crippen LogP contribution in [0.2, 0.25) is 0 Å². The van der Waals surface area contributed by atoms with Gasteiger partial charge in [0.1, 0.15) is 0 Å². The van der Waals surface area contributed by atoms with E-state index in [0.29, 0.717) is 0 Å². The first-order chi connectivity index (χ1) is 3.27. The molecule has 0 rings (SSSR count). The molecule has 0 unspecified atom stereocenters. The van der Waals surface area contributed by atoms with Crippen LogP contribution in [0.15, 0.2) is 12.3 Å². The predicted octanol–water partition coefficient (Wildman–Crippen LogP) is 1.76. The highest BCUT2D eigenvalue weighted by atomic mass is 16.5. The molecule has 0 aliphatic heterocycles. The van der Waals surface area contributed by atoms with Crippen LogP contribution >= 0.6 is 0 Å². The van der Waals surface area contributed by atoms with Crippen LogP contribution in [0.25, 0.3) is 0 Å². The Morgan fingerprint density at radius 1 is 1.43 bits per heavy atom. The lowest BCUT2D eigenvalue weighted by atomic mass is 10.2. The number of allylic oxidation sites excluding steroid dienone is 1. The first-order valence-corrected chi connectivity index (χ1v) is 2.27. The monoisotopic (exact) mass is 99.1 g/mol. The Morgan fingerprint density at radius 2 is 2.00 bits per heavy atom.